The van der Waals surface area contributed by atoms with E-state index in [-0.39, 0.29) is 18.9 Å². The first-order valence-electron chi connectivity index (χ1n) is 40.4. The molecule has 1 amide bonds. The van der Waals surface area contributed by atoms with Crippen molar-refractivity contribution in [3.8, 4) is 0 Å². The van der Waals surface area contributed by atoms with E-state index in [1.54, 1.807) is 6.08 Å². The highest BCUT2D eigenvalue weighted by Gasteiger charge is 2.54. The Morgan fingerprint density at radius 3 is 1.04 bits per heavy atom. The van der Waals surface area contributed by atoms with Crippen LogP contribution < -0.4 is 5.32 Å². The van der Waals surface area contributed by atoms with Crippen LogP contribution in [0.2, 0.25) is 0 Å². The first kappa shape index (κ1) is 94.1. The lowest BCUT2D eigenvalue weighted by Crippen LogP contribution is -2.66. The van der Waals surface area contributed by atoms with Gasteiger partial charge in [-0.05, 0) is 96.3 Å². The van der Waals surface area contributed by atoms with Crippen molar-refractivity contribution in [2.75, 3.05) is 26.4 Å². The van der Waals surface area contributed by atoms with Crippen LogP contribution in [0.4, 0.5) is 0 Å². The Balaban J connectivity index is 1.34. The number of amides is 1. The van der Waals surface area contributed by atoms with Crippen LogP contribution in [0, 0.1) is 0 Å². The minimum Gasteiger partial charge on any atom is -0.394 e. The van der Waals surface area contributed by atoms with Crippen LogP contribution in [0.1, 0.15) is 264 Å². The lowest BCUT2D eigenvalue weighted by atomic mass is 9.96. The second-order valence-corrected chi connectivity index (χ2v) is 28.1. The predicted octanol–water partition coefficient (Wildman–Crippen LogP) is 13.7. The first-order valence-corrected chi connectivity index (χ1v) is 40.4. The van der Waals surface area contributed by atoms with E-state index in [2.05, 4.69) is 141 Å². The van der Waals surface area contributed by atoms with Crippen molar-refractivity contribution in [3.63, 3.8) is 0 Å². The Morgan fingerprint density at radius 2 is 0.663 bits per heavy atom. The maximum atomic E-state index is 13.5. The molecule has 3 fully saturated rings. The monoisotopic (exact) mass is 1470 g/mol. The van der Waals surface area contributed by atoms with Crippen LogP contribution >= 0.6 is 0 Å². The normalized spacial score (nSPS) is 26.6. The summed E-state index contributed by atoms with van der Waals surface area (Å²) < 4.78 is 34.4. The fourth-order valence-electron chi connectivity index (χ4n) is 12.7. The van der Waals surface area contributed by atoms with Gasteiger partial charge in [0.1, 0.15) is 73.2 Å². The Kier molecular flexibility index (Phi) is 57.8. The summed E-state index contributed by atoms with van der Waals surface area (Å²) in [4.78, 5) is 13.5. The van der Waals surface area contributed by atoms with E-state index in [1.807, 2.05) is 6.08 Å². The highest BCUT2D eigenvalue weighted by molar-refractivity contribution is 5.76. The molecule has 0 radical (unpaired) electrons. The first-order chi connectivity index (χ1) is 50.8. The summed E-state index contributed by atoms with van der Waals surface area (Å²) in [5, 5.41) is 121. The van der Waals surface area contributed by atoms with Gasteiger partial charge < -0.3 is 89.9 Å². The number of ether oxygens (including phenoxy) is 6. The minimum atomic E-state index is -1.98. The summed E-state index contributed by atoms with van der Waals surface area (Å²) in [6, 6.07) is -0.985. The minimum absolute atomic E-state index is 0.231. The molecule has 0 aromatic rings. The van der Waals surface area contributed by atoms with Gasteiger partial charge in [-0.25, -0.2) is 0 Å². The van der Waals surface area contributed by atoms with Gasteiger partial charge in [-0.1, -0.05) is 295 Å². The SMILES string of the molecule is CC/C=C\C/C=C\C/C=C\C/C=C\C/C=C\C/C=C\C/C=C\C/C=C\C/C=C\C/C=C\CCCCCCCCCCCCC(=O)NC(COC1OC(CO)C(OC2OC(CO)C(OC3OC(CO)C(O)C(O)C3O)C(O)C2O)C(O)C1O)C(O)/C=C/CCCCCCCCCCCCCCCCCC. The Bertz CT molecular complexity index is 2400. The molecule has 3 aliphatic rings. The second kappa shape index (κ2) is 63.8. The Labute approximate surface area is 626 Å². The van der Waals surface area contributed by atoms with Gasteiger partial charge in [-0.3, -0.25) is 4.79 Å². The number of carbonyl (C=O) groups is 1. The van der Waals surface area contributed by atoms with Gasteiger partial charge in [0, 0.05) is 6.42 Å². The molecule has 596 valence electrons. The number of hydrogen-bond donors (Lipinski definition) is 12. The smallest absolute Gasteiger partial charge is 0.220 e. The molecular formula is C85H143NO18. The van der Waals surface area contributed by atoms with Crippen LogP contribution in [0.5, 0.6) is 0 Å². The average Bonchev–Trinajstić information content (AvgIpc) is 0.783. The van der Waals surface area contributed by atoms with Gasteiger partial charge in [-0.2, -0.15) is 0 Å². The average molecular weight is 1470 g/mol. The number of allylic oxidation sites excluding steroid dienone is 21. The molecule has 0 aromatic carbocycles. The van der Waals surface area contributed by atoms with Crippen molar-refractivity contribution < 1.29 is 89.4 Å². The van der Waals surface area contributed by atoms with Gasteiger partial charge in [0.25, 0.3) is 0 Å². The number of unbranched alkanes of at least 4 members (excludes halogenated alkanes) is 26. The summed E-state index contributed by atoms with van der Waals surface area (Å²) in [6.45, 7) is 1.62. The molecule has 12 N–H and O–H groups in total. The van der Waals surface area contributed by atoms with Crippen molar-refractivity contribution in [2.45, 2.75) is 369 Å². The van der Waals surface area contributed by atoms with Crippen LogP contribution in [-0.2, 0) is 33.2 Å². The quantitative estimate of drug-likeness (QED) is 0.0199. The zero-order valence-corrected chi connectivity index (χ0v) is 63.7. The van der Waals surface area contributed by atoms with Crippen molar-refractivity contribution in [2.24, 2.45) is 0 Å². The molecule has 19 heteroatoms. The predicted molar refractivity (Wildman–Crippen MR) is 415 cm³/mol. The van der Waals surface area contributed by atoms with Crippen LogP contribution in [0.15, 0.2) is 134 Å². The summed E-state index contributed by atoms with van der Waals surface area (Å²) in [5.74, 6) is -0.284. The Hall–Kier alpha value is -4.07. The second-order valence-electron chi connectivity index (χ2n) is 28.1. The van der Waals surface area contributed by atoms with Crippen LogP contribution in [0.25, 0.3) is 0 Å². The van der Waals surface area contributed by atoms with Gasteiger partial charge >= 0.3 is 0 Å². The van der Waals surface area contributed by atoms with Crippen molar-refractivity contribution in [3.05, 3.63) is 134 Å². The van der Waals surface area contributed by atoms with E-state index in [4.69, 9.17) is 28.4 Å². The third kappa shape index (κ3) is 43.2. The zero-order valence-electron chi connectivity index (χ0n) is 63.7. The number of rotatable bonds is 62. The molecule has 0 aliphatic carbocycles. The van der Waals surface area contributed by atoms with Gasteiger partial charge in [0.2, 0.25) is 5.91 Å². The van der Waals surface area contributed by atoms with E-state index in [0.29, 0.717) is 6.42 Å². The van der Waals surface area contributed by atoms with E-state index in [1.165, 1.54) is 116 Å². The van der Waals surface area contributed by atoms with Crippen molar-refractivity contribution in [1.29, 1.82) is 0 Å². The largest absolute Gasteiger partial charge is 0.394 e. The number of aliphatic hydroxyl groups is 11. The zero-order chi connectivity index (χ0) is 75.3. The molecule has 0 saturated carbocycles. The lowest BCUT2D eigenvalue weighted by molar-refractivity contribution is -0.379. The molecule has 0 bridgehead atoms. The summed E-state index contributed by atoms with van der Waals surface area (Å²) in [5.41, 5.74) is 0. The third-order valence-electron chi connectivity index (χ3n) is 19.2. The molecule has 104 heavy (non-hydrogen) atoms. The molecule has 19 nitrogen and oxygen atoms in total. The highest BCUT2D eigenvalue weighted by atomic mass is 16.8. The van der Waals surface area contributed by atoms with Crippen LogP contribution in [0.3, 0.4) is 0 Å². The van der Waals surface area contributed by atoms with Gasteiger partial charge in [0.15, 0.2) is 18.9 Å². The van der Waals surface area contributed by atoms with Crippen LogP contribution in [-0.4, -0.2) is 193 Å². The van der Waals surface area contributed by atoms with E-state index >= 15 is 0 Å². The fraction of sp³-hybridized carbons (Fsp3) is 0.729. The molecule has 0 aromatic heterocycles. The maximum Gasteiger partial charge on any atom is 0.220 e. The van der Waals surface area contributed by atoms with Gasteiger partial charge in [0.05, 0.1) is 38.6 Å². The molecule has 3 saturated heterocycles. The summed E-state index contributed by atoms with van der Waals surface area (Å²) in [6.07, 6.45) is 64.3. The summed E-state index contributed by atoms with van der Waals surface area (Å²) >= 11 is 0. The molecule has 3 rings (SSSR count). The maximum absolute atomic E-state index is 13.5. The number of aliphatic hydroxyl groups excluding tert-OH is 11. The fourth-order valence-corrected chi connectivity index (χ4v) is 12.7. The third-order valence-corrected chi connectivity index (χ3v) is 19.2. The number of hydrogen-bond acceptors (Lipinski definition) is 18. The molecule has 17 unspecified atom stereocenters. The molecule has 3 heterocycles. The molecule has 17 atom stereocenters. The summed E-state index contributed by atoms with van der Waals surface area (Å²) in [7, 11) is 0. The molecule has 0 spiro atoms. The Morgan fingerprint density at radius 1 is 0.356 bits per heavy atom. The molecular weight excluding hydrogens is 1320 g/mol. The molecule has 3 aliphatic heterocycles. The van der Waals surface area contributed by atoms with E-state index in [0.717, 1.165) is 122 Å². The lowest BCUT2D eigenvalue weighted by Gasteiger charge is -2.48. The van der Waals surface area contributed by atoms with Crippen molar-refractivity contribution in [1.82, 2.24) is 5.32 Å². The van der Waals surface area contributed by atoms with Crippen molar-refractivity contribution >= 4 is 5.91 Å². The van der Waals surface area contributed by atoms with E-state index < -0.39 is 124 Å². The number of nitrogens with one attached hydrogen (secondary N) is 1. The highest BCUT2D eigenvalue weighted by Crippen LogP contribution is 2.33. The topological polar surface area (TPSA) is 307 Å². The number of carbonyl (C=O) groups excluding carboxylic acids is 1. The van der Waals surface area contributed by atoms with Gasteiger partial charge in [-0.15, -0.1) is 0 Å². The standard InChI is InChI=1S/C85H143NO18/c1-3-5-7-9-11-13-15-17-19-21-23-24-25-26-27-28-29-30-31-32-33-34-35-36-37-38-39-40-41-42-43-44-45-47-49-51-53-55-57-59-61-63-73(91)86-68(69(90)62-60-58-56-54-52-50-48-46-22-20-18-16-14-12-10-8-6-4-2)67-99-83-79(97)76(94)81(71(65-88)101-83)104-85-80(98)77(95)82(72(66-89)102-85)103-84-78(96)75(93)74(92)70(64-87)100-84/h5,7,11,13,17,19,23-24,26-27,29-30,32-33,35-36,38-39,41-42,60,62,68-72,74-85,87-90,92-98H,3-4,6,8-10,12,14-16,18,20-22,25,28,31,34,37,40,43-59,61,63-67H2,1-2H3,(H,86,91)/b7-5-,13-11-,19-17-,24-23-,27-26-,30-29-,33-32-,36-35-,39-38-,42-41-,62-60+. The van der Waals surface area contributed by atoms with E-state index in [9.17, 15) is 61.0 Å².